The molecule has 3 N–H and O–H groups in total. The molecule has 200 valence electrons. The number of carbonyl (C=O) groups is 2. The molecule has 1 aliphatic heterocycles. The van der Waals surface area contributed by atoms with Crippen molar-refractivity contribution in [2.45, 2.75) is 24.2 Å². The molecule has 1 fully saturated rings. The van der Waals surface area contributed by atoms with Crippen molar-refractivity contribution in [1.29, 1.82) is 0 Å². The van der Waals surface area contributed by atoms with Gasteiger partial charge in [-0.25, -0.2) is 18.4 Å². The minimum Gasteiger partial charge on any atom is -0.371 e. The van der Waals surface area contributed by atoms with Gasteiger partial charge in [0.2, 0.25) is 5.95 Å². The second kappa shape index (κ2) is 13.0. The van der Waals surface area contributed by atoms with Crippen LogP contribution in [0.2, 0.25) is 0 Å². The SMILES string of the molecule is O=C(CCNC(=O)c1cccc(N2CCC(CNc3ncccn3)CC2)c1)ONS(=O)(=O)c1ccccc1. The lowest BCUT2D eigenvalue weighted by Crippen LogP contribution is -2.36. The van der Waals surface area contributed by atoms with Crippen LogP contribution in [-0.4, -0.2) is 56.4 Å². The summed E-state index contributed by atoms with van der Waals surface area (Å²) >= 11 is 0. The fourth-order valence-corrected chi connectivity index (χ4v) is 4.86. The molecule has 0 radical (unpaired) electrons. The largest absolute Gasteiger partial charge is 0.371 e. The van der Waals surface area contributed by atoms with Crippen LogP contribution in [0, 0.1) is 5.92 Å². The Hall–Kier alpha value is -4.03. The van der Waals surface area contributed by atoms with Gasteiger partial charge in [-0.3, -0.25) is 9.59 Å². The number of aromatic nitrogens is 2. The molecule has 0 aliphatic carbocycles. The first-order valence-corrected chi connectivity index (χ1v) is 13.8. The quantitative estimate of drug-likeness (QED) is 0.314. The molecule has 1 amide bonds. The van der Waals surface area contributed by atoms with Crippen molar-refractivity contribution in [1.82, 2.24) is 20.2 Å². The van der Waals surface area contributed by atoms with Crippen molar-refractivity contribution in [2.75, 3.05) is 36.4 Å². The third kappa shape index (κ3) is 7.73. The van der Waals surface area contributed by atoms with E-state index in [0.29, 0.717) is 17.4 Å². The van der Waals surface area contributed by atoms with E-state index in [1.807, 2.05) is 18.2 Å². The van der Waals surface area contributed by atoms with E-state index in [4.69, 9.17) is 0 Å². The molecule has 3 aromatic rings. The molecule has 38 heavy (non-hydrogen) atoms. The lowest BCUT2D eigenvalue weighted by atomic mass is 9.96. The van der Waals surface area contributed by atoms with Crippen LogP contribution in [0.25, 0.3) is 0 Å². The first-order valence-electron chi connectivity index (χ1n) is 12.3. The zero-order chi connectivity index (χ0) is 26.8. The van der Waals surface area contributed by atoms with Crippen molar-refractivity contribution in [2.24, 2.45) is 5.92 Å². The number of nitrogens with one attached hydrogen (secondary N) is 3. The summed E-state index contributed by atoms with van der Waals surface area (Å²) in [6.45, 7) is 2.56. The van der Waals surface area contributed by atoms with Crippen LogP contribution >= 0.6 is 0 Å². The van der Waals surface area contributed by atoms with Crippen molar-refractivity contribution in [3.63, 3.8) is 0 Å². The van der Waals surface area contributed by atoms with Gasteiger partial charge in [-0.15, -0.1) is 0 Å². The third-order valence-corrected chi connectivity index (χ3v) is 7.33. The summed E-state index contributed by atoms with van der Waals surface area (Å²) in [7, 11) is -3.97. The fraction of sp³-hybridized carbons (Fsp3) is 0.308. The van der Waals surface area contributed by atoms with E-state index in [-0.39, 0.29) is 23.8 Å². The van der Waals surface area contributed by atoms with Crippen LogP contribution in [0.15, 0.2) is 78.0 Å². The van der Waals surface area contributed by atoms with Crippen molar-refractivity contribution in [3.8, 4) is 0 Å². The predicted molar refractivity (Wildman–Crippen MR) is 142 cm³/mol. The zero-order valence-electron chi connectivity index (χ0n) is 20.7. The average molecular weight is 539 g/mol. The fourth-order valence-electron chi connectivity index (χ4n) is 4.05. The molecule has 2 aromatic carbocycles. The molecule has 0 bridgehead atoms. The highest BCUT2D eigenvalue weighted by atomic mass is 32.2. The van der Waals surface area contributed by atoms with Gasteiger partial charge < -0.3 is 20.4 Å². The third-order valence-electron chi connectivity index (χ3n) is 6.14. The number of hydrogen-bond donors (Lipinski definition) is 3. The van der Waals surface area contributed by atoms with E-state index in [0.717, 1.165) is 38.2 Å². The Kier molecular flexibility index (Phi) is 9.22. The molecule has 0 atom stereocenters. The lowest BCUT2D eigenvalue weighted by Gasteiger charge is -2.33. The Morgan fingerprint density at radius 1 is 0.974 bits per heavy atom. The predicted octanol–water partition coefficient (Wildman–Crippen LogP) is 2.36. The Labute approximate surface area is 221 Å². The highest BCUT2D eigenvalue weighted by Gasteiger charge is 2.21. The van der Waals surface area contributed by atoms with Crippen LogP contribution in [0.4, 0.5) is 11.6 Å². The smallest absolute Gasteiger partial charge is 0.327 e. The number of hydrogen-bond acceptors (Lipinski definition) is 9. The van der Waals surface area contributed by atoms with Gasteiger partial charge in [0.25, 0.3) is 15.9 Å². The van der Waals surface area contributed by atoms with E-state index in [1.165, 1.54) is 12.1 Å². The standard InChI is InChI=1S/C26H30N6O5S/c33-24(37-31-38(35,36)23-8-2-1-3-9-23)10-15-27-25(34)21-6-4-7-22(18-21)32-16-11-20(12-17-32)19-30-26-28-13-5-14-29-26/h1-9,13-14,18,20,31H,10-12,15-17,19H2,(H,27,34)(H,28,29,30). The Morgan fingerprint density at radius 3 is 2.45 bits per heavy atom. The number of anilines is 2. The van der Waals surface area contributed by atoms with Gasteiger partial charge in [0, 0.05) is 49.8 Å². The summed E-state index contributed by atoms with van der Waals surface area (Å²) < 4.78 is 24.2. The minimum absolute atomic E-state index is 0.00151. The number of nitrogens with zero attached hydrogens (tertiary/aromatic N) is 3. The number of amides is 1. The summed E-state index contributed by atoms with van der Waals surface area (Å²) in [5.41, 5.74) is 1.44. The molecule has 0 spiro atoms. The Bertz CT molecular complexity index is 1320. The summed E-state index contributed by atoms with van der Waals surface area (Å²) in [5.74, 6) is 0.00931. The number of sulfonamides is 1. The number of piperidine rings is 1. The molecule has 4 rings (SSSR count). The molecule has 0 unspecified atom stereocenters. The van der Waals surface area contributed by atoms with Crippen molar-refractivity contribution < 1.29 is 22.8 Å². The van der Waals surface area contributed by atoms with Crippen LogP contribution in [-0.2, 0) is 19.7 Å². The monoisotopic (exact) mass is 538 g/mol. The van der Waals surface area contributed by atoms with Gasteiger partial charge in [0.05, 0.1) is 11.3 Å². The second-order valence-corrected chi connectivity index (χ2v) is 10.5. The molecule has 11 nitrogen and oxygen atoms in total. The highest BCUT2D eigenvalue weighted by molar-refractivity contribution is 7.89. The first-order chi connectivity index (χ1) is 18.4. The molecule has 0 saturated carbocycles. The topological polar surface area (TPSA) is 143 Å². The molecule has 2 heterocycles. The minimum atomic E-state index is -3.97. The molecular weight excluding hydrogens is 508 g/mol. The van der Waals surface area contributed by atoms with Crippen LogP contribution in [0.1, 0.15) is 29.6 Å². The van der Waals surface area contributed by atoms with E-state index in [2.05, 4.69) is 30.3 Å². The number of benzene rings is 2. The van der Waals surface area contributed by atoms with Crippen molar-refractivity contribution >= 4 is 33.5 Å². The van der Waals surface area contributed by atoms with E-state index in [1.54, 1.807) is 47.6 Å². The lowest BCUT2D eigenvalue weighted by molar-refractivity contribution is -0.146. The van der Waals surface area contributed by atoms with Gasteiger partial charge in [-0.05, 0) is 60.0 Å². The summed E-state index contributed by atoms with van der Waals surface area (Å²) in [6.07, 6.45) is 5.24. The van der Waals surface area contributed by atoms with Crippen molar-refractivity contribution in [3.05, 3.63) is 78.6 Å². The van der Waals surface area contributed by atoms with Crippen LogP contribution in [0.5, 0.6) is 0 Å². The zero-order valence-corrected chi connectivity index (χ0v) is 21.6. The maximum Gasteiger partial charge on any atom is 0.327 e. The normalized spacial score (nSPS) is 14.1. The van der Waals surface area contributed by atoms with Gasteiger partial charge in [0.1, 0.15) is 0 Å². The van der Waals surface area contributed by atoms with Gasteiger partial charge in [-0.1, -0.05) is 24.3 Å². The Balaban J connectivity index is 1.19. The highest BCUT2D eigenvalue weighted by Crippen LogP contribution is 2.24. The van der Waals surface area contributed by atoms with Crippen LogP contribution in [0.3, 0.4) is 0 Å². The molecule has 12 heteroatoms. The summed E-state index contributed by atoms with van der Waals surface area (Å²) in [5, 5.41) is 5.96. The molecule has 1 aliphatic rings. The maximum absolute atomic E-state index is 12.6. The number of rotatable bonds is 11. The molecular formula is C26H30N6O5S. The number of carbonyl (C=O) groups excluding carboxylic acids is 2. The molecule has 1 aromatic heterocycles. The molecule has 1 saturated heterocycles. The van der Waals surface area contributed by atoms with E-state index >= 15 is 0 Å². The van der Waals surface area contributed by atoms with Crippen LogP contribution < -0.4 is 20.4 Å². The maximum atomic E-state index is 12.6. The first kappa shape index (κ1) is 27.0. The van der Waals surface area contributed by atoms with Gasteiger partial charge in [0.15, 0.2) is 0 Å². The Morgan fingerprint density at radius 2 is 1.71 bits per heavy atom. The van der Waals surface area contributed by atoms with E-state index in [9.17, 15) is 18.0 Å². The summed E-state index contributed by atoms with van der Waals surface area (Å²) in [4.78, 5) is 41.6. The summed E-state index contributed by atoms with van der Waals surface area (Å²) in [6, 6.07) is 16.7. The van der Waals surface area contributed by atoms with Gasteiger partial charge >= 0.3 is 5.97 Å². The second-order valence-electron chi connectivity index (χ2n) is 8.81. The van der Waals surface area contributed by atoms with E-state index < -0.39 is 16.0 Å². The van der Waals surface area contributed by atoms with Gasteiger partial charge in [-0.2, -0.15) is 0 Å². The average Bonchev–Trinajstić information content (AvgIpc) is 2.96.